The molecular weight excluding hydrogens is 399 g/mol. The minimum absolute atomic E-state index is 0.105. The van der Waals surface area contributed by atoms with Gasteiger partial charge in [0.1, 0.15) is 17.4 Å². The van der Waals surface area contributed by atoms with Crippen molar-refractivity contribution in [2.24, 2.45) is 0 Å². The van der Waals surface area contributed by atoms with E-state index in [1.807, 2.05) is 23.6 Å². The van der Waals surface area contributed by atoms with Crippen LogP contribution in [0.4, 0.5) is 19.1 Å². The summed E-state index contributed by atoms with van der Waals surface area (Å²) >= 11 is 0. The predicted octanol–water partition coefficient (Wildman–Crippen LogP) is 3.46. The highest BCUT2D eigenvalue weighted by Gasteiger charge is 2.36. The lowest BCUT2D eigenvalue weighted by Gasteiger charge is -2.16. The summed E-state index contributed by atoms with van der Waals surface area (Å²) in [5.74, 6) is 0.734. The number of rotatable bonds is 6. The van der Waals surface area contributed by atoms with Gasteiger partial charge in [0.25, 0.3) is 0 Å². The molecule has 30 heavy (non-hydrogen) atoms. The fraction of sp³-hybridized carbons (Fsp3) is 0.368. The van der Waals surface area contributed by atoms with E-state index in [0.29, 0.717) is 24.4 Å². The van der Waals surface area contributed by atoms with Gasteiger partial charge in [0.2, 0.25) is 5.95 Å². The third kappa shape index (κ3) is 3.67. The van der Waals surface area contributed by atoms with Crippen LogP contribution in [0.1, 0.15) is 12.7 Å². The van der Waals surface area contributed by atoms with Crippen molar-refractivity contribution in [3.8, 4) is 11.3 Å². The zero-order chi connectivity index (χ0) is 21.5. The normalized spacial score (nSPS) is 13.3. The van der Waals surface area contributed by atoms with E-state index < -0.39 is 12.2 Å². The van der Waals surface area contributed by atoms with Gasteiger partial charge >= 0.3 is 6.18 Å². The number of aromatic nitrogens is 6. The van der Waals surface area contributed by atoms with Crippen molar-refractivity contribution in [3.63, 3.8) is 0 Å². The minimum Gasteiger partial charge on any atom is -0.383 e. The number of halogens is 3. The first-order valence-electron chi connectivity index (χ1n) is 9.29. The molecule has 0 radical (unpaired) electrons. The van der Waals surface area contributed by atoms with E-state index in [4.69, 9.17) is 9.72 Å². The molecular formula is C19H20F3N7O. The first kappa shape index (κ1) is 20.1. The number of imidazole rings is 1. The highest BCUT2D eigenvalue weighted by molar-refractivity contribution is 5.82. The Balaban J connectivity index is 1.70. The van der Waals surface area contributed by atoms with Gasteiger partial charge in [-0.25, -0.2) is 19.5 Å². The molecule has 0 saturated heterocycles. The first-order chi connectivity index (χ1) is 14.3. The molecule has 1 N–H and O–H groups in total. The Morgan fingerprint density at radius 3 is 2.73 bits per heavy atom. The van der Waals surface area contributed by atoms with Gasteiger partial charge in [-0.05, 0) is 32.0 Å². The highest BCUT2D eigenvalue weighted by atomic mass is 19.4. The molecule has 0 fully saturated rings. The predicted molar refractivity (Wildman–Crippen MR) is 105 cm³/mol. The third-order valence-corrected chi connectivity index (χ3v) is 4.83. The van der Waals surface area contributed by atoms with Crippen molar-refractivity contribution in [2.75, 3.05) is 19.0 Å². The van der Waals surface area contributed by atoms with Gasteiger partial charge in [-0.3, -0.25) is 0 Å². The average Bonchev–Trinajstić information content (AvgIpc) is 3.25. The largest absolute Gasteiger partial charge is 0.408 e. The molecule has 1 atom stereocenters. The highest BCUT2D eigenvalue weighted by Crippen LogP contribution is 2.27. The van der Waals surface area contributed by atoms with Crippen LogP contribution in [0.5, 0.6) is 0 Å². The van der Waals surface area contributed by atoms with Crippen LogP contribution >= 0.6 is 0 Å². The van der Waals surface area contributed by atoms with Crippen LogP contribution in [0.15, 0.2) is 30.6 Å². The van der Waals surface area contributed by atoms with Gasteiger partial charge in [-0.15, -0.1) is 5.10 Å². The van der Waals surface area contributed by atoms with Crippen molar-refractivity contribution < 1.29 is 17.9 Å². The quantitative estimate of drug-likeness (QED) is 0.516. The molecule has 4 heterocycles. The monoisotopic (exact) mass is 419 g/mol. The number of hydrogen-bond donors (Lipinski definition) is 1. The molecule has 0 amide bonds. The van der Waals surface area contributed by atoms with Crippen LogP contribution in [-0.4, -0.2) is 55.1 Å². The van der Waals surface area contributed by atoms with Crippen molar-refractivity contribution in [2.45, 2.75) is 32.6 Å². The van der Waals surface area contributed by atoms with Gasteiger partial charge in [-0.2, -0.15) is 13.2 Å². The number of aryl methyl sites for hydroxylation is 1. The van der Waals surface area contributed by atoms with E-state index in [1.165, 1.54) is 10.7 Å². The summed E-state index contributed by atoms with van der Waals surface area (Å²) in [7, 11) is 1.64. The van der Waals surface area contributed by atoms with Gasteiger partial charge in [0.05, 0.1) is 24.0 Å². The van der Waals surface area contributed by atoms with Crippen LogP contribution in [0, 0.1) is 6.92 Å². The summed E-state index contributed by atoms with van der Waals surface area (Å²) in [5.41, 5.74) is 3.60. The molecule has 0 unspecified atom stereocenters. The molecule has 0 aliphatic rings. The molecule has 0 aliphatic carbocycles. The summed E-state index contributed by atoms with van der Waals surface area (Å²) in [6.07, 6.45) is -1.24. The van der Waals surface area contributed by atoms with Crippen molar-refractivity contribution in [3.05, 3.63) is 36.4 Å². The number of nitrogens with one attached hydrogen (secondary N) is 1. The number of alkyl halides is 3. The zero-order valence-corrected chi connectivity index (χ0v) is 16.6. The molecule has 4 aromatic heterocycles. The number of ether oxygens (including phenoxy) is 1. The Morgan fingerprint density at radius 1 is 1.20 bits per heavy atom. The van der Waals surface area contributed by atoms with Crippen LogP contribution in [-0.2, 0) is 11.3 Å². The number of pyridine rings is 1. The Kier molecular flexibility index (Phi) is 5.06. The maximum Gasteiger partial charge on any atom is 0.408 e. The summed E-state index contributed by atoms with van der Waals surface area (Å²) in [4.78, 5) is 13.3. The SMILES string of the molecule is COCCn1c(C)nc2ccc(-c3ccn4nc(N[C@H](C)C(F)(F)F)ncc34)nc21. The van der Waals surface area contributed by atoms with Gasteiger partial charge < -0.3 is 14.6 Å². The maximum atomic E-state index is 12.8. The number of methoxy groups -OCH3 is 1. The van der Waals surface area contributed by atoms with Gasteiger partial charge in [0.15, 0.2) is 5.65 Å². The molecule has 0 aliphatic heterocycles. The Morgan fingerprint density at radius 2 is 2.00 bits per heavy atom. The molecule has 4 rings (SSSR count). The summed E-state index contributed by atoms with van der Waals surface area (Å²) in [6, 6.07) is 3.78. The van der Waals surface area contributed by atoms with Gasteiger partial charge in [-0.1, -0.05) is 0 Å². The summed E-state index contributed by atoms with van der Waals surface area (Å²) in [6.45, 7) is 4.09. The average molecular weight is 419 g/mol. The molecule has 0 bridgehead atoms. The molecule has 11 heteroatoms. The maximum absolute atomic E-state index is 12.8. The fourth-order valence-electron chi connectivity index (χ4n) is 3.17. The van der Waals surface area contributed by atoms with Crippen molar-refractivity contribution in [1.82, 2.24) is 29.1 Å². The lowest BCUT2D eigenvalue weighted by atomic mass is 10.2. The second-order valence-electron chi connectivity index (χ2n) is 6.89. The van der Waals surface area contributed by atoms with E-state index in [1.54, 1.807) is 19.4 Å². The Hall–Kier alpha value is -3.21. The number of hydrogen-bond acceptors (Lipinski definition) is 6. The molecule has 0 saturated carbocycles. The lowest BCUT2D eigenvalue weighted by molar-refractivity contribution is -0.138. The second kappa shape index (κ2) is 7.56. The van der Waals surface area contributed by atoms with Crippen molar-refractivity contribution >= 4 is 22.6 Å². The number of nitrogens with zero attached hydrogens (tertiary/aromatic N) is 6. The van der Waals surface area contributed by atoms with Crippen molar-refractivity contribution in [1.29, 1.82) is 0 Å². The molecule has 0 spiro atoms. The molecule has 0 aromatic carbocycles. The second-order valence-corrected chi connectivity index (χ2v) is 6.89. The van der Waals surface area contributed by atoms with E-state index >= 15 is 0 Å². The number of fused-ring (bicyclic) bond motifs is 2. The van der Waals surface area contributed by atoms with E-state index in [0.717, 1.165) is 29.5 Å². The molecule has 158 valence electrons. The third-order valence-electron chi connectivity index (χ3n) is 4.83. The molecule has 8 nitrogen and oxygen atoms in total. The standard InChI is InChI=1S/C19H20F3N7O/c1-11(19(20,21)22)24-18-23-10-16-13(6-7-29(16)27-18)14-4-5-15-17(26-14)28(8-9-30-3)12(2)25-15/h4-7,10-11H,8-9H2,1-3H3,(H,24,27)/t11-/m1/s1. The van der Waals surface area contributed by atoms with Crippen LogP contribution in [0.3, 0.4) is 0 Å². The van der Waals surface area contributed by atoms with Crippen LogP contribution in [0.2, 0.25) is 0 Å². The summed E-state index contributed by atoms with van der Waals surface area (Å²) in [5, 5.41) is 6.40. The summed E-state index contributed by atoms with van der Waals surface area (Å²) < 4.78 is 46.9. The Bertz CT molecular complexity index is 1200. The zero-order valence-electron chi connectivity index (χ0n) is 16.6. The molecule has 4 aromatic rings. The van der Waals surface area contributed by atoms with E-state index in [9.17, 15) is 13.2 Å². The van der Waals surface area contributed by atoms with Crippen LogP contribution < -0.4 is 5.32 Å². The number of anilines is 1. The minimum atomic E-state index is -4.39. The topological polar surface area (TPSA) is 82.2 Å². The Labute approximate surface area is 169 Å². The smallest absolute Gasteiger partial charge is 0.383 e. The van der Waals surface area contributed by atoms with Crippen LogP contribution in [0.25, 0.3) is 27.9 Å². The van der Waals surface area contributed by atoms with Gasteiger partial charge in [0, 0.05) is 25.4 Å². The lowest BCUT2D eigenvalue weighted by Crippen LogP contribution is -2.33. The fourth-order valence-corrected chi connectivity index (χ4v) is 3.17. The van der Waals surface area contributed by atoms with E-state index in [-0.39, 0.29) is 5.95 Å². The van der Waals surface area contributed by atoms with E-state index in [2.05, 4.69) is 20.4 Å². The first-order valence-corrected chi connectivity index (χ1v) is 9.29.